The topological polar surface area (TPSA) is 84.2 Å². The number of nitrogens with zero attached hydrogens (tertiary/aromatic N) is 2. The third kappa shape index (κ3) is 3.64. The van der Waals surface area contributed by atoms with Crippen LogP contribution in [0.1, 0.15) is 55.9 Å². The standard InChI is InChI=1S/C20H25N3O3/c1-13(20(25)26)14(2)22-19(24)17-12-21-23(16-10-6-7-11-16)18(17)15-8-4-3-5-9-15/h3-5,8-9,12-14,16H,6-7,10-11H2,1-2H3,(H,22,24)(H,25,26). The van der Waals surface area contributed by atoms with Gasteiger partial charge >= 0.3 is 5.97 Å². The monoisotopic (exact) mass is 355 g/mol. The predicted molar refractivity (Wildman–Crippen MR) is 98.9 cm³/mol. The molecule has 138 valence electrons. The summed E-state index contributed by atoms with van der Waals surface area (Å²) in [6.07, 6.45) is 6.08. The summed E-state index contributed by atoms with van der Waals surface area (Å²) in [6, 6.07) is 9.61. The number of benzene rings is 1. The average Bonchev–Trinajstić information content (AvgIpc) is 3.30. The molecule has 26 heavy (non-hydrogen) atoms. The van der Waals surface area contributed by atoms with Crippen LogP contribution in [0.25, 0.3) is 11.3 Å². The fraction of sp³-hybridized carbons (Fsp3) is 0.450. The SMILES string of the molecule is CC(NC(=O)c1cnn(C2CCCC2)c1-c1ccccc1)C(C)C(=O)O. The predicted octanol–water partition coefficient (Wildman–Crippen LogP) is 3.50. The van der Waals surface area contributed by atoms with Crippen molar-refractivity contribution in [3.63, 3.8) is 0 Å². The highest BCUT2D eigenvalue weighted by Gasteiger charge is 2.27. The molecule has 6 nitrogen and oxygen atoms in total. The van der Waals surface area contributed by atoms with Gasteiger partial charge in [0.05, 0.1) is 29.4 Å². The Morgan fingerprint density at radius 2 is 1.85 bits per heavy atom. The highest BCUT2D eigenvalue weighted by Crippen LogP contribution is 2.34. The van der Waals surface area contributed by atoms with Crippen LogP contribution in [0.15, 0.2) is 36.5 Å². The number of hydrogen-bond acceptors (Lipinski definition) is 3. The molecule has 1 aliphatic carbocycles. The van der Waals surface area contributed by atoms with E-state index < -0.39 is 17.9 Å². The van der Waals surface area contributed by atoms with Gasteiger partial charge in [0.25, 0.3) is 5.91 Å². The Morgan fingerprint density at radius 3 is 2.46 bits per heavy atom. The van der Waals surface area contributed by atoms with Crippen LogP contribution >= 0.6 is 0 Å². The highest BCUT2D eigenvalue weighted by atomic mass is 16.4. The molecular weight excluding hydrogens is 330 g/mol. The fourth-order valence-corrected chi connectivity index (χ4v) is 3.46. The largest absolute Gasteiger partial charge is 0.481 e. The van der Waals surface area contributed by atoms with Gasteiger partial charge in [0.2, 0.25) is 0 Å². The van der Waals surface area contributed by atoms with E-state index in [4.69, 9.17) is 5.11 Å². The van der Waals surface area contributed by atoms with E-state index in [1.165, 1.54) is 12.8 Å². The second-order valence-corrected chi connectivity index (χ2v) is 7.04. The molecule has 1 amide bonds. The Hall–Kier alpha value is -2.63. The number of nitrogens with one attached hydrogen (secondary N) is 1. The summed E-state index contributed by atoms with van der Waals surface area (Å²) in [6.45, 7) is 3.30. The third-order valence-corrected chi connectivity index (χ3v) is 5.26. The molecule has 0 spiro atoms. The van der Waals surface area contributed by atoms with Gasteiger partial charge in [-0.25, -0.2) is 0 Å². The molecule has 0 aliphatic heterocycles. The number of hydrogen-bond donors (Lipinski definition) is 2. The number of carboxylic acids is 1. The van der Waals surface area contributed by atoms with Crippen molar-refractivity contribution in [1.82, 2.24) is 15.1 Å². The molecule has 1 aromatic heterocycles. The van der Waals surface area contributed by atoms with Gasteiger partial charge in [0.1, 0.15) is 0 Å². The maximum Gasteiger partial charge on any atom is 0.308 e. The molecule has 3 rings (SSSR count). The number of aromatic nitrogens is 2. The minimum atomic E-state index is -0.928. The van der Waals surface area contributed by atoms with Crippen LogP contribution in [-0.4, -0.2) is 32.8 Å². The molecule has 2 N–H and O–H groups in total. The highest BCUT2D eigenvalue weighted by molar-refractivity contribution is 6.00. The number of rotatable bonds is 6. The van der Waals surface area contributed by atoms with E-state index in [-0.39, 0.29) is 5.91 Å². The summed E-state index contributed by atoms with van der Waals surface area (Å²) >= 11 is 0. The maximum atomic E-state index is 12.8. The van der Waals surface area contributed by atoms with Gasteiger partial charge in [0, 0.05) is 11.6 Å². The molecule has 2 aromatic rings. The molecular formula is C20H25N3O3. The van der Waals surface area contributed by atoms with E-state index in [2.05, 4.69) is 10.4 Å². The number of aliphatic carboxylic acids is 1. The average molecular weight is 355 g/mol. The van der Waals surface area contributed by atoms with E-state index in [0.29, 0.717) is 11.6 Å². The Bertz CT molecular complexity index is 779. The number of carbonyl (C=O) groups excluding carboxylic acids is 1. The fourth-order valence-electron chi connectivity index (χ4n) is 3.46. The quantitative estimate of drug-likeness (QED) is 0.830. The number of carboxylic acid groups (broad SMARTS) is 1. The Balaban J connectivity index is 1.94. The van der Waals surface area contributed by atoms with E-state index in [9.17, 15) is 9.59 Å². The molecule has 2 atom stereocenters. The molecule has 2 unspecified atom stereocenters. The summed E-state index contributed by atoms with van der Waals surface area (Å²) in [5, 5.41) is 16.5. The smallest absolute Gasteiger partial charge is 0.308 e. The first kappa shape index (κ1) is 18.2. The van der Waals surface area contributed by atoms with Gasteiger partial charge in [0.15, 0.2) is 0 Å². The van der Waals surface area contributed by atoms with Gasteiger partial charge in [-0.05, 0) is 26.7 Å². The van der Waals surface area contributed by atoms with Gasteiger partial charge < -0.3 is 10.4 Å². The lowest BCUT2D eigenvalue weighted by atomic mass is 10.0. The zero-order valence-corrected chi connectivity index (χ0v) is 15.2. The summed E-state index contributed by atoms with van der Waals surface area (Å²) in [4.78, 5) is 24.0. The van der Waals surface area contributed by atoms with Crippen LogP contribution in [0.5, 0.6) is 0 Å². The van der Waals surface area contributed by atoms with Gasteiger partial charge in [-0.2, -0.15) is 5.10 Å². The molecule has 6 heteroatoms. The lowest BCUT2D eigenvalue weighted by molar-refractivity contribution is -0.141. The van der Waals surface area contributed by atoms with Crippen LogP contribution in [0, 0.1) is 5.92 Å². The first-order valence-corrected chi connectivity index (χ1v) is 9.15. The number of amides is 1. The Labute approximate surface area is 153 Å². The van der Waals surface area contributed by atoms with E-state index in [1.807, 2.05) is 35.0 Å². The molecule has 0 bridgehead atoms. The lowest BCUT2D eigenvalue weighted by Crippen LogP contribution is -2.40. The van der Waals surface area contributed by atoms with Crippen molar-refractivity contribution in [2.75, 3.05) is 0 Å². The zero-order valence-electron chi connectivity index (χ0n) is 15.2. The first-order valence-electron chi connectivity index (χ1n) is 9.15. The third-order valence-electron chi connectivity index (χ3n) is 5.26. The number of carbonyl (C=O) groups is 2. The van der Waals surface area contributed by atoms with Gasteiger partial charge in [-0.1, -0.05) is 43.2 Å². The first-order chi connectivity index (χ1) is 12.5. The minimum Gasteiger partial charge on any atom is -0.481 e. The van der Waals surface area contributed by atoms with Crippen LogP contribution in [0.2, 0.25) is 0 Å². The van der Waals surface area contributed by atoms with Crippen molar-refractivity contribution in [3.05, 3.63) is 42.1 Å². The molecule has 0 radical (unpaired) electrons. The van der Waals surface area contributed by atoms with Crippen LogP contribution in [0.4, 0.5) is 0 Å². The minimum absolute atomic E-state index is 0.284. The molecule has 1 fully saturated rings. The molecule has 1 heterocycles. The molecule has 1 saturated carbocycles. The second-order valence-electron chi connectivity index (χ2n) is 7.04. The lowest BCUT2D eigenvalue weighted by Gasteiger charge is -2.19. The Morgan fingerprint density at radius 1 is 1.19 bits per heavy atom. The van der Waals surface area contributed by atoms with Crippen molar-refractivity contribution in [2.24, 2.45) is 5.92 Å². The van der Waals surface area contributed by atoms with Crippen molar-refractivity contribution < 1.29 is 14.7 Å². The van der Waals surface area contributed by atoms with Gasteiger partial charge in [-0.15, -0.1) is 0 Å². The van der Waals surface area contributed by atoms with Gasteiger partial charge in [-0.3, -0.25) is 14.3 Å². The van der Waals surface area contributed by atoms with E-state index >= 15 is 0 Å². The summed E-state index contributed by atoms with van der Waals surface area (Å²) in [5.41, 5.74) is 2.25. The van der Waals surface area contributed by atoms with E-state index in [1.54, 1.807) is 20.0 Å². The molecule has 1 aliphatic rings. The van der Waals surface area contributed by atoms with Crippen LogP contribution in [-0.2, 0) is 4.79 Å². The molecule has 0 saturated heterocycles. The van der Waals surface area contributed by atoms with Crippen LogP contribution < -0.4 is 5.32 Å². The van der Waals surface area contributed by atoms with Crippen molar-refractivity contribution in [1.29, 1.82) is 0 Å². The van der Waals surface area contributed by atoms with Crippen molar-refractivity contribution in [3.8, 4) is 11.3 Å². The van der Waals surface area contributed by atoms with E-state index in [0.717, 1.165) is 24.1 Å². The summed E-state index contributed by atoms with van der Waals surface area (Å²) in [5.74, 6) is -1.87. The zero-order chi connectivity index (χ0) is 18.7. The summed E-state index contributed by atoms with van der Waals surface area (Å²) < 4.78 is 1.97. The summed E-state index contributed by atoms with van der Waals surface area (Å²) in [7, 11) is 0. The van der Waals surface area contributed by atoms with Crippen LogP contribution in [0.3, 0.4) is 0 Å². The Kier molecular flexibility index (Phi) is 5.40. The maximum absolute atomic E-state index is 12.8. The molecule has 1 aromatic carbocycles. The van der Waals surface area contributed by atoms with Crippen molar-refractivity contribution >= 4 is 11.9 Å². The normalized spacial score (nSPS) is 17.0. The van der Waals surface area contributed by atoms with Crippen molar-refractivity contribution in [2.45, 2.75) is 51.6 Å². The second kappa shape index (κ2) is 7.72.